The molecular formula is C19H23N3O2. The van der Waals surface area contributed by atoms with E-state index in [-0.39, 0.29) is 5.91 Å². The molecule has 2 aromatic rings. The van der Waals surface area contributed by atoms with E-state index in [9.17, 15) is 4.79 Å². The summed E-state index contributed by atoms with van der Waals surface area (Å²) in [5.41, 5.74) is 6.22. The highest BCUT2D eigenvalue weighted by molar-refractivity contribution is 5.89. The number of nitrogens with zero attached hydrogens (tertiary/aromatic N) is 1. The first-order chi connectivity index (χ1) is 11.6. The number of methoxy groups -OCH3 is 1. The van der Waals surface area contributed by atoms with Crippen LogP contribution in [0.25, 0.3) is 0 Å². The van der Waals surface area contributed by atoms with Crippen molar-refractivity contribution in [3.8, 4) is 5.88 Å². The number of aromatic nitrogens is 1. The number of rotatable bonds is 4. The predicted molar refractivity (Wildman–Crippen MR) is 96.2 cm³/mol. The Hall–Kier alpha value is -2.56. The van der Waals surface area contributed by atoms with Crippen LogP contribution in [0.5, 0.6) is 5.88 Å². The molecule has 0 fully saturated rings. The zero-order valence-corrected chi connectivity index (χ0v) is 14.4. The normalized spacial score (nSPS) is 13.1. The lowest BCUT2D eigenvalue weighted by molar-refractivity contribution is -0.114. The molecule has 24 heavy (non-hydrogen) atoms. The minimum Gasteiger partial charge on any atom is -0.481 e. The van der Waals surface area contributed by atoms with E-state index < -0.39 is 0 Å². The van der Waals surface area contributed by atoms with E-state index >= 15 is 0 Å². The molecule has 0 atom stereocenters. The van der Waals surface area contributed by atoms with Gasteiger partial charge in [-0.15, -0.1) is 0 Å². The number of pyridine rings is 1. The Kier molecular flexibility index (Phi) is 4.69. The lowest BCUT2D eigenvalue weighted by Gasteiger charge is -2.23. The molecule has 1 amide bonds. The number of benzene rings is 1. The number of ether oxygens (including phenoxy) is 1. The van der Waals surface area contributed by atoms with Crippen LogP contribution in [0.1, 0.15) is 36.6 Å². The molecule has 0 unspecified atom stereocenters. The van der Waals surface area contributed by atoms with Crippen molar-refractivity contribution in [3.63, 3.8) is 0 Å². The maximum absolute atomic E-state index is 11.2. The van der Waals surface area contributed by atoms with E-state index in [1.165, 1.54) is 30.9 Å². The molecule has 3 rings (SSSR count). The van der Waals surface area contributed by atoms with Crippen molar-refractivity contribution in [1.82, 2.24) is 4.98 Å². The number of carbonyl (C=O) groups excluding carboxylic acids is 1. The van der Waals surface area contributed by atoms with E-state index in [1.807, 2.05) is 31.2 Å². The topological polar surface area (TPSA) is 63.2 Å². The van der Waals surface area contributed by atoms with Crippen molar-refractivity contribution >= 4 is 23.0 Å². The quantitative estimate of drug-likeness (QED) is 0.892. The molecule has 0 spiro atoms. The average Bonchev–Trinajstić information content (AvgIpc) is 2.57. The summed E-state index contributed by atoms with van der Waals surface area (Å²) in [7, 11) is 1.68. The number of aryl methyl sites for hydroxylation is 1. The monoisotopic (exact) mass is 325 g/mol. The number of amides is 1. The predicted octanol–water partition coefficient (Wildman–Crippen LogP) is 3.98. The van der Waals surface area contributed by atoms with Crippen LogP contribution < -0.4 is 15.4 Å². The molecule has 0 radical (unpaired) electrons. The lowest BCUT2D eigenvalue weighted by atomic mass is 9.90. The van der Waals surface area contributed by atoms with E-state index in [0.29, 0.717) is 0 Å². The molecule has 5 nitrogen and oxygen atoms in total. The summed E-state index contributed by atoms with van der Waals surface area (Å²) < 4.78 is 5.48. The largest absolute Gasteiger partial charge is 0.481 e. The lowest BCUT2D eigenvalue weighted by Crippen LogP contribution is -2.12. The zero-order valence-electron chi connectivity index (χ0n) is 14.4. The van der Waals surface area contributed by atoms with Crippen LogP contribution in [0, 0.1) is 6.92 Å². The van der Waals surface area contributed by atoms with E-state index in [2.05, 4.69) is 15.6 Å². The van der Waals surface area contributed by atoms with Crippen LogP contribution in [0.3, 0.4) is 0 Å². The number of anilines is 3. The zero-order chi connectivity index (χ0) is 17.1. The third-order valence-corrected chi connectivity index (χ3v) is 4.30. The second kappa shape index (κ2) is 6.91. The summed E-state index contributed by atoms with van der Waals surface area (Å²) in [6.45, 7) is 3.51. The number of fused-ring (bicyclic) bond motifs is 1. The first-order valence-corrected chi connectivity index (χ1v) is 8.29. The molecule has 126 valence electrons. The van der Waals surface area contributed by atoms with Gasteiger partial charge < -0.3 is 15.4 Å². The molecule has 5 heteroatoms. The summed E-state index contributed by atoms with van der Waals surface area (Å²) >= 11 is 0. The number of carbonyl (C=O) groups is 1. The van der Waals surface area contributed by atoms with Gasteiger partial charge in [0.15, 0.2) is 0 Å². The van der Waals surface area contributed by atoms with Crippen LogP contribution in [-0.4, -0.2) is 18.0 Å². The maximum Gasteiger partial charge on any atom is 0.221 e. The first kappa shape index (κ1) is 16.3. The fourth-order valence-electron chi connectivity index (χ4n) is 3.27. The van der Waals surface area contributed by atoms with Gasteiger partial charge >= 0.3 is 0 Å². The van der Waals surface area contributed by atoms with Crippen molar-refractivity contribution < 1.29 is 9.53 Å². The first-order valence-electron chi connectivity index (χ1n) is 8.29. The van der Waals surface area contributed by atoms with Gasteiger partial charge in [0.1, 0.15) is 0 Å². The highest BCUT2D eigenvalue weighted by Crippen LogP contribution is 2.36. The standard InChI is InChI=1S/C19H23N3O2/c1-12-18(16-9-4-5-10-17(16)19(20-12)24-3)22-15-8-6-7-14(11-15)21-13(2)23/h6-8,11,22H,4-5,9-10H2,1-3H3,(H,21,23). The second-order valence-corrected chi connectivity index (χ2v) is 6.13. The molecule has 1 aliphatic rings. The van der Waals surface area contributed by atoms with Crippen molar-refractivity contribution in [2.45, 2.75) is 39.5 Å². The van der Waals surface area contributed by atoms with Gasteiger partial charge in [0.2, 0.25) is 11.8 Å². The number of nitrogens with one attached hydrogen (secondary N) is 2. The summed E-state index contributed by atoms with van der Waals surface area (Å²) in [5.74, 6) is 0.673. The summed E-state index contributed by atoms with van der Waals surface area (Å²) in [5, 5.41) is 6.31. The van der Waals surface area contributed by atoms with Gasteiger partial charge in [-0.1, -0.05) is 6.07 Å². The van der Waals surface area contributed by atoms with Crippen LogP contribution in [0.4, 0.5) is 17.1 Å². The highest BCUT2D eigenvalue weighted by Gasteiger charge is 2.21. The van der Waals surface area contributed by atoms with Gasteiger partial charge in [0.25, 0.3) is 0 Å². The molecular weight excluding hydrogens is 302 g/mol. The number of hydrogen-bond donors (Lipinski definition) is 2. The van der Waals surface area contributed by atoms with Gasteiger partial charge in [0.05, 0.1) is 18.5 Å². The molecule has 1 heterocycles. The third-order valence-electron chi connectivity index (χ3n) is 4.30. The Morgan fingerprint density at radius 1 is 1.17 bits per heavy atom. The smallest absolute Gasteiger partial charge is 0.221 e. The molecule has 1 aromatic heterocycles. The Bertz CT molecular complexity index is 771. The SMILES string of the molecule is COc1nc(C)c(Nc2cccc(NC(C)=O)c2)c2c1CCCC2. The Balaban J connectivity index is 1.97. The van der Waals surface area contributed by atoms with Crippen molar-refractivity contribution in [2.24, 2.45) is 0 Å². The molecule has 2 N–H and O–H groups in total. The molecule has 1 aromatic carbocycles. The van der Waals surface area contributed by atoms with Crippen molar-refractivity contribution in [1.29, 1.82) is 0 Å². The molecule has 0 aliphatic heterocycles. The van der Waals surface area contributed by atoms with E-state index in [0.717, 1.165) is 41.5 Å². The third kappa shape index (κ3) is 3.35. The maximum atomic E-state index is 11.2. The molecule has 0 bridgehead atoms. The Morgan fingerprint density at radius 3 is 2.58 bits per heavy atom. The minimum atomic E-state index is -0.0770. The van der Waals surface area contributed by atoms with E-state index in [4.69, 9.17) is 4.74 Å². The average molecular weight is 325 g/mol. The molecule has 0 saturated carbocycles. The van der Waals surface area contributed by atoms with Gasteiger partial charge in [0, 0.05) is 23.9 Å². The van der Waals surface area contributed by atoms with Crippen LogP contribution in [0.2, 0.25) is 0 Å². The van der Waals surface area contributed by atoms with Gasteiger partial charge in [-0.2, -0.15) is 0 Å². The van der Waals surface area contributed by atoms with Gasteiger partial charge in [-0.3, -0.25) is 4.79 Å². The van der Waals surface area contributed by atoms with Gasteiger partial charge in [-0.25, -0.2) is 4.98 Å². The van der Waals surface area contributed by atoms with Crippen molar-refractivity contribution in [3.05, 3.63) is 41.1 Å². The minimum absolute atomic E-state index is 0.0770. The second-order valence-electron chi connectivity index (χ2n) is 6.13. The van der Waals surface area contributed by atoms with Crippen molar-refractivity contribution in [2.75, 3.05) is 17.7 Å². The fourth-order valence-corrected chi connectivity index (χ4v) is 3.27. The van der Waals surface area contributed by atoms with Crippen LogP contribution in [-0.2, 0) is 17.6 Å². The van der Waals surface area contributed by atoms with Crippen LogP contribution in [0.15, 0.2) is 24.3 Å². The number of hydrogen-bond acceptors (Lipinski definition) is 4. The summed E-state index contributed by atoms with van der Waals surface area (Å²) in [6.07, 6.45) is 4.39. The summed E-state index contributed by atoms with van der Waals surface area (Å²) in [6, 6.07) is 7.72. The Morgan fingerprint density at radius 2 is 1.88 bits per heavy atom. The van der Waals surface area contributed by atoms with Gasteiger partial charge in [-0.05, 0) is 56.4 Å². The van der Waals surface area contributed by atoms with E-state index in [1.54, 1.807) is 7.11 Å². The molecule has 0 saturated heterocycles. The summed E-state index contributed by atoms with van der Waals surface area (Å²) in [4.78, 5) is 15.9. The molecule has 1 aliphatic carbocycles. The Labute approximate surface area is 142 Å². The fraction of sp³-hybridized carbons (Fsp3) is 0.368. The highest BCUT2D eigenvalue weighted by atomic mass is 16.5. The van der Waals surface area contributed by atoms with Crippen LogP contribution >= 0.6 is 0 Å².